The summed E-state index contributed by atoms with van der Waals surface area (Å²) in [4.78, 5) is 31.8. The SMILES string of the molecule is CCNC(=O)C1(Cc2ccc(-c3ccncc3)cc2)CCCN(C(=O)C2CC2)C1. The molecule has 1 N–H and O–H groups in total. The van der Waals surface area contributed by atoms with Crippen LogP contribution >= 0.6 is 0 Å². The molecule has 1 aliphatic carbocycles. The van der Waals surface area contributed by atoms with Crippen LogP contribution < -0.4 is 5.32 Å². The monoisotopic (exact) mass is 391 g/mol. The van der Waals surface area contributed by atoms with E-state index in [9.17, 15) is 9.59 Å². The van der Waals surface area contributed by atoms with Gasteiger partial charge in [-0.25, -0.2) is 0 Å². The molecule has 0 spiro atoms. The predicted octanol–water partition coefficient (Wildman–Crippen LogP) is 3.45. The van der Waals surface area contributed by atoms with E-state index < -0.39 is 5.41 Å². The minimum absolute atomic E-state index is 0.0755. The first kappa shape index (κ1) is 19.6. The molecule has 1 unspecified atom stereocenters. The molecule has 1 aliphatic heterocycles. The summed E-state index contributed by atoms with van der Waals surface area (Å²) in [5, 5.41) is 3.03. The molecule has 0 bridgehead atoms. The number of aromatic nitrogens is 1. The first-order chi connectivity index (χ1) is 14.1. The molecule has 1 saturated carbocycles. The van der Waals surface area contributed by atoms with Crippen LogP contribution in [-0.4, -0.2) is 41.3 Å². The van der Waals surface area contributed by atoms with E-state index in [1.165, 1.54) is 0 Å². The Hall–Kier alpha value is -2.69. The van der Waals surface area contributed by atoms with E-state index in [1.807, 2.05) is 24.0 Å². The molecule has 2 amide bonds. The number of hydrogen-bond acceptors (Lipinski definition) is 3. The van der Waals surface area contributed by atoms with Gasteiger partial charge in [0, 0.05) is 37.9 Å². The topological polar surface area (TPSA) is 62.3 Å². The molecule has 0 radical (unpaired) electrons. The van der Waals surface area contributed by atoms with Gasteiger partial charge in [-0.1, -0.05) is 24.3 Å². The van der Waals surface area contributed by atoms with Crippen molar-refractivity contribution in [3.05, 3.63) is 54.4 Å². The first-order valence-corrected chi connectivity index (χ1v) is 10.7. The van der Waals surface area contributed by atoms with Crippen molar-refractivity contribution in [1.82, 2.24) is 15.2 Å². The van der Waals surface area contributed by atoms with Gasteiger partial charge in [-0.2, -0.15) is 0 Å². The number of rotatable bonds is 6. The van der Waals surface area contributed by atoms with Crippen molar-refractivity contribution >= 4 is 11.8 Å². The number of amides is 2. The summed E-state index contributed by atoms with van der Waals surface area (Å²) < 4.78 is 0. The lowest BCUT2D eigenvalue weighted by atomic mass is 9.74. The zero-order valence-electron chi connectivity index (χ0n) is 17.1. The van der Waals surface area contributed by atoms with Crippen molar-refractivity contribution in [1.29, 1.82) is 0 Å². The van der Waals surface area contributed by atoms with Gasteiger partial charge in [-0.15, -0.1) is 0 Å². The van der Waals surface area contributed by atoms with Crippen LogP contribution in [0, 0.1) is 11.3 Å². The Kier molecular flexibility index (Phi) is 5.65. The van der Waals surface area contributed by atoms with Crippen molar-refractivity contribution in [2.45, 2.75) is 39.0 Å². The van der Waals surface area contributed by atoms with Crippen molar-refractivity contribution in [3.8, 4) is 11.1 Å². The lowest BCUT2D eigenvalue weighted by molar-refractivity contribution is -0.142. The molecular weight excluding hydrogens is 362 g/mol. The van der Waals surface area contributed by atoms with Gasteiger partial charge in [0.15, 0.2) is 0 Å². The summed E-state index contributed by atoms with van der Waals surface area (Å²) in [6.07, 6.45) is 7.94. The molecule has 152 valence electrons. The Morgan fingerprint density at radius 2 is 1.79 bits per heavy atom. The Bertz CT molecular complexity index is 861. The third-order valence-electron chi connectivity index (χ3n) is 6.14. The molecule has 1 aromatic carbocycles. The fraction of sp³-hybridized carbons (Fsp3) is 0.458. The van der Waals surface area contributed by atoms with Gasteiger partial charge in [0.05, 0.1) is 5.41 Å². The van der Waals surface area contributed by atoms with Crippen LogP contribution in [0.4, 0.5) is 0 Å². The maximum Gasteiger partial charge on any atom is 0.228 e. The van der Waals surface area contributed by atoms with E-state index in [4.69, 9.17) is 0 Å². The van der Waals surface area contributed by atoms with Gasteiger partial charge in [-0.3, -0.25) is 14.6 Å². The largest absolute Gasteiger partial charge is 0.356 e. The molecule has 2 aliphatic rings. The number of benzene rings is 1. The highest BCUT2D eigenvalue weighted by molar-refractivity contribution is 5.86. The maximum absolute atomic E-state index is 13.1. The molecular formula is C24H29N3O2. The lowest BCUT2D eigenvalue weighted by Gasteiger charge is -2.42. The van der Waals surface area contributed by atoms with E-state index in [1.54, 1.807) is 12.4 Å². The molecule has 5 nitrogen and oxygen atoms in total. The molecule has 1 saturated heterocycles. The standard InChI is InChI=1S/C24H29N3O2/c1-2-26-23(29)24(12-3-15-27(17-24)22(28)21-8-9-21)16-18-4-6-19(7-5-18)20-10-13-25-14-11-20/h4-7,10-11,13-14,21H,2-3,8-9,12,15-17H2,1H3,(H,26,29). The average molecular weight is 392 g/mol. The average Bonchev–Trinajstić information content (AvgIpc) is 3.60. The second-order valence-electron chi connectivity index (χ2n) is 8.39. The van der Waals surface area contributed by atoms with Crippen LogP contribution in [0.15, 0.2) is 48.8 Å². The number of carbonyl (C=O) groups is 2. The Morgan fingerprint density at radius 1 is 1.10 bits per heavy atom. The van der Waals surface area contributed by atoms with E-state index >= 15 is 0 Å². The number of carbonyl (C=O) groups excluding carboxylic acids is 2. The minimum atomic E-state index is -0.545. The summed E-state index contributed by atoms with van der Waals surface area (Å²) in [6, 6.07) is 12.4. The van der Waals surface area contributed by atoms with Crippen molar-refractivity contribution in [2.24, 2.45) is 11.3 Å². The van der Waals surface area contributed by atoms with E-state index in [0.717, 1.165) is 48.9 Å². The molecule has 1 atom stereocenters. The van der Waals surface area contributed by atoms with E-state index in [-0.39, 0.29) is 17.7 Å². The van der Waals surface area contributed by atoms with Gasteiger partial charge in [0.25, 0.3) is 0 Å². The van der Waals surface area contributed by atoms with Crippen molar-refractivity contribution < 1.29 is 9.59 Å². The van der Waals surface area contributed by atoms with E-state index in [2.05, 4.69) is 34.6 Å². The minimum Gasteiger partial charge on any atom is -0.356 e. The summed E-state index contributed by atoms with van der Waals surface area (Å²) in [5.74, 6) is 0.512. The second kappa shape index (κ2) is 8.36. The van der Waals surface area contributed by atoms with Crippen LogP contribution in [0.5, 0.6) is 0 Å². The molecule has 29 heavy (non-hydrogen) atoms. The normalized spacial score (nSPS) is 21.6. The van der Waals surface area contributed by atoms with E-state index in [0.29, 0.717) is 19.5 Å². The molecule has 4 rings (SSSR count). The smallest absolute Gasteiger partial charge is 0.228 e. The summed E-state index contributed by atoms with van der Waals surface area (Å²) in [6.45, 7) is 3.86. The van der Waals surface area contributed by atoms with Gasteiger partial charge < -0.3 is 10.2 Å². The van der Waals surface area contributed by atoms with Crippen LogP contribution in [0.25, 0.3) is 11.1 Å². The highest BCUT2D eigenvalue weighted by Gasteiger charge is 2.45. The molecule has 2 fully saturated rings. The highest BCUT2D eigenvalue weighted by Crippen LogP contribution is 2.38. The number of nitrogens with zero attached hydrogens (tertiary/aromatic N) is 2. The number of hydrogen-bond donors (Lipinski definition) is 1. The van der Waals surface area contributed by atoms with Crippen LogP contribution in [0.2, 0.25) is 0 Å². The molecule has 5 heteroatoms. The third kappa shape index (κ3) is 4.34. The second-order valence-corrected chi connectivity index (χ2v) is 8.39. The quantitative estimate of drug-likeness (QED) is 0.820. The van der Waals surface area contributed by atoms with Gasteiger partial charge >= 0.3 is 0 Å². The molecule has 2 aromatic rings. The van der Waals surface area contributed by atoms with Crippen LogP contribution in [-0.2, 0) is 16.0 Å². The summed E-state index contributed by atoms with van der Waals surface area (Å²) >= 11 is 0. The van der Waals surface area contributed by atoms with Gasteiger partial charge in [0.2, 0.25) is 11.8 Å². The van der Waals surface area contributed by atoms with Crippen LogP contribution in [0.3, 0.4) is 0 Å². The first-order valence-electron chi connectivity index (χ1n) is 10.7. The van der Waals surface area contributed by atoms with Crippen LogP contribution in [0.1, 0.15) is 38.2 Å². The Labute approximate surface area is 172 Å². The maximum atomic E-state index is 13.1. The third-order valence-corrected chi connectivity index (χ3v) is 6.14. The lowest BCUT2D eigenvalue weighted by Crippen LogP contribution is -2.54. The highest BCUT2D eigenvalue weighted by atomic mass is 16.2. The fourth-order valence-corrected chi connectivity index (χ4v) is 4.42. The number of likely N-dealkylation sites (tertiary alicyclic amines) is 1. The molecule has 1 aromatic heterocycles. The number of nitrogens with one attached hydrogen (secondary N) is 1. The van der Waals surface area contributed by atoms with Gasteiger partial charge in [-0.05, 0) is 67.9 Å². The fourth-order valence-electron chi connectivity index (χ4n) is 4.42. The summed E-state index contributed by atoms with van der Waals surface area (Å²) in [5.41, 5.74) is 2.85. The number of piperidine rings is 1. The predicted molar refractivity (Wildman–Crippen MR) is 113 cm³/mol. The van der Waals surface area contributed by atoms with Crippen molar-refractivity contribution in [3.63, 3.8) is 0 Å². The Balaban J connectivity index is 1.55. The summed E-state index contributed by atoms with van der Waals surface area (Å²) in [7, 11) is 0. The van der Waals surface area contributed by atoms with Gasteiger partial charge in [0.1, 0.15) is 0 Å². The van der Waals surface area contributed by atoms with Crippen molar-refractivity contribution in [2.75, 3.05) is 19.6 Å². The number of pyridine rings is 1. The molecule has 2 heterocycles. The Morgan fingerprint density at radius 3 is 2.45 bits per heavy atom. The zero-order valence-corrected chi connectivity index (χ0v) is 17.1. The zero-order chi connectivity index (χ0) is 20.3.